The molecule has 0 unspecified atom stereocenters. The summed E-state index contributed by atoms with van der Waals surface area (Å²) >= 11 is 0. The van der Waals surface area contributed by atoms with E-state index in [1.807, 2.05) is 72.8 Å². The van der Waals surface area contributed by atoms with Crippen molar-refractivity contribution < 1.29 is 4.42 Å². The van der Waals surface area contributed by atoms with Gasteiger partial charge in [-0.05, 0) is 6.07 Å². The van der Waals surface area contributed by atoms with Crippen LogP contribution in [-0.2, 0) is 0 Å². The van der Waals surface area contributed by atoms with Crippen molar-refractivity contribution in [3.05, 3.63) is 78.9 Å². The first-order chi connectivity index (χ1) is 9.38. The number of benzene rings is 2. The zero-order valence-corrected chi connectivity index (χ0v) is 10.5. The lowest BCUT2D eigenvalue weighted by atomic mass is 10.1. The Morgan fingerprint density at radius 2 is 1.37 bits per heavy atom. The minimum absolute atomic E-state index is 0.870. The summed E-state index contributed by atoms with van der Waals surface area (Å²) in [6.45, 7) is 3.86. The summed E-state index contributed by atoms with van der Waals surface area (Å²) in [7, 11) is 0. The standard InChI is InChI=1S/C18H14O/c1-2-14-13-17(15-9-5-3-6-10-15)19-18(14)16-11-7-4-8-12-16/h2-13H,1H2. The van der Waals surface area contributed by atoms with Crippen molar-refractivity contribution in [2.75, 3.05) is 0 Å². The lowest BCUT2D eigenvalue weighted by Gasteiger charge is -1.98. The van der Waals surface area contributed by atoms with Gasteiger partial charge in [0.05, 0.1) is 0 Å². The van der Waals surface area contributed by atoms with Crippen LogP contribution in [0.3, 0.4) is 0 Å². The highest BCUT2D eigenvalue weighted by atomic mass is 16.3. The lowest BCUT2D eigenvalue weighted by molar-refractivity contribution is 0.597. The maximum atomic E-state index is 6.01. The molecule has 0 bridgehead atoms. The lowest BCUT2D eigenvalue weighted by Crippen LogP contribution is -1.75. The Hall–Kier alpha value is -2.54. The molecule has 0 N–H and O–H groups in total. The third-order valence-electron chi connectivity index (χ3n) is 3.08. The fourth-order valence-electron chi connectivity index (χ4n) is 2.12. The van der Waals surface area contributed by atoms with Crippen molar-refractivity contribution in [3.63, 3.8) is 0 Å². The van der Waals surface area contributed by atoms with Crippen molar-refractivity contribution in [1.82, 2.24) is 0 Å². The van der Waals surface area contributed by atoms with Crippen molar-refractivity contribution >= 4 is 6.08 Å². The predicted octanol–water partition coefficient (Wildman–Crippen LogP) is 5.26. The van der Waals surface area contributed by atoms with Crippen LogP contribution in [-0.4, -0.2) is 0 Å². The first kappa shape index (κ1) is 11.5. The van der Waals surface area contributed by atoms with Crippen molar-refractivity contribution in [2.45, 2.75) is 0 Å². The molecule has 3 rings (SSSR count). The molecule has 0 spiro atoms. The third-order valence-corrected chi connectivity index (χ3v) is 3.08. The maximum Gasteiger partial charge on any atom is 0.142 e. The highest BCUT2D eigenvalue weighted by Crippen LogP contribution is 2.33. The van der Waals surface area contributed by atoms with E-state index < -0.39 is 0 Å². The summed E-state index contributed by atoms with van der Waals surface area (Å²) in [5.41, 5.74) is 3.16. The van der Waals surface area contributed by atoms with Crippen LogP contribution >= 0.6 is 0 Å². The fourth-order valence-corrected chi connectivity index (χ4v) is 2.12. The Bertz CT molecular complexity index is 678. The molecule has 1 nitrogen and oxygen atoms in total. The Balaban J connectivity index is 2.12. The molecule has 92 valence electrons. The normalized spacial score (nSPS) is 10.3. The average molecular weight is 246 g/mol. The molecule has 0 aliphatic carbocycles. The molecule has 0 fully saturated rings. The molecule has 0 saturated carbocycles. The van der Waals surface area contributed by atoms with Gasteiger partial charge in [0.25, 0.3) is 0 Å². The second-order valence-electron chi connectivity index (χ2n) is 4.33. The highest BCUT2D eigenvalue weighted by Gasteiger charge is 2.11. The molecule has 0 aliphatic rings. The highest BCUT2D eigenvalue weighted by molar-refractivity contribution is 5.75. The number of rotatable bonds is 3. The molecule has 2 aromatic carbocycles. The van der Waals surface area contributed by atoms with Gasteiger partial charge in [-0.1, -0.05) is 73.3 Å². The summed E-state index contributed by atoms with van der Waals surface area (Å²) < 4.78 is 6.01. The summed E-state index contributed by atoms with van der Waals surface area (Å²) in [6, 6.07) is 22.2. The first-order valence-corrected chi connectivity index (χ1v) is 6.25. The Labute approximate surface area is 112 Å². The van der Waals surface area contributed by atoms with Crippen molar-refractivity contribution in [1.29, 1.82) is 0 Å². The van der Waals surface area contributed by atoms with Crippen LogP contribution in [0.1, 0.15) is 5.56 Å². The van der Waals surface area contributed by atoms with Gasteiger partial charge in [-0.2, -0.15) is 0 Å². The van der Waals surface area contributed by atoms with Gasteiger partial charge < -0.3 is 4.42 Å². The van der Waals surface area contributed by atoms with Gasteiger partial charge in [0.2, 0.25) is 0 Å². The smallest absolute Gasteiger partial charge is 0.142 e. The molecule has 1 heteroatoms. The quantitative estimate of drug-likeness (QED) is 0.614. The van der Waals surface area contributed by atoms with Crippen LogP contribution in [0.5, 0.6) is 0 Å². The van der Waals surface area contributed by atoms with E-state index in [1.165, 1.54) is 0 Å². The molecule has 0 saturated heterocycles. The molecule has 3 aromatic rings. The predicted molar refractivity (Wildman–Crippen MR) is 79.7 cm³/mol. The van der Waals surface area contributed by atoms with E-state index >= 15 is 0 Å². The van der Waals surface area contributed by atoms with Gasteiger partial charge in [0, 0.05) is 16.7 Å². The zero-order valence-electron chi connectivity index (χ0n) is 10.5. The van der Waals surface area contributed by atoms with Crippen LogP contribution < -0.4 is 0 Å². The van der Waals surface area contributed by atoms with E-state index in [4.69, 9.17) is 4.42 Å². The Morgan fingerprint density at radius 1 is 0.789 bits per heavy atom. The van der Waals surface area contributed by atoms with E-state index in [0.717, 1.165) is 28.2 Å². The number of furan rings is 1. The summed E-state index contributed by atoms with van der Waals surface area (Å²) in [6.07, 6.45) is 1.83. The summed E-state index contributed by atoms with van der Waals surface area (Å²) in [4.78, 5) is 0. The van der Waals surface area contributed by atoms with Gasteiger partial charge >= 0.3 is 0 Å². The first-order valence-electron chi connectivity index (χ1n) is 6.25. The van der Waals surface area contributed by atoms with Crippen molar-refractivity contribution in [2.24, 2.45) is 0 Å². The monoisotopic (exact) mass is 246 g/mol. The SMILES string of the molecule is C=Cc1cc(-c2ccccc2)oc1-c1ccccc1. The maximum absolute atomic E-state index is 6.01. The molecular formula is C18H14O. The van der Waals surface area contributed by atoms with Gasteiger partial charge in [0.15, 0.2) is 0 Å². The topological polar surface area (TPSA) is 13.1 Å². The molecule has 0 amide bonds. The third kappa shape index (κ3) is 2.23. The minimum atomic E-state index is 0.870. The van der Waals surface area contributed by atoms with E-state index in [-0.39, 0.29) is 0 Å². The molecular weight excluding hydrogens is 232 g/mol. The molecule has 19 heavy (non-hydrogen) atoms. The van der Waals surface area contributed by atoms with Crippen LogP contribution in [0.4, 0.5) is 0 Å². The van der Waals surface area contributed by atoms with Gasteiger partial charge in [-0.15, -0.1) is 0 Å². The van der Waals surface area contributed by atoms with E-state index in [0.29, 0.717) is 0 Å². The largest absolute Gasteiger partial charge is 0.455 e. The average Bonchev–Trinajstić information content (AvgIpc) is 2.93. The van der Waals surface area contributed by atoms with Gasteiger partial charge in [-0.3, -0.25) is 0 Å². The Kier molecular flexibility index (Phi) is 3.03. The van der Waals surface area contributed by atoms with Crippen LogP contribution in [0.2, 0.25) is 0 Å². The molecule has 0 aliphatic heterocycles. The van der Waals surface area contributed by atoms with E-state index in [1.54, 1.807) is 0 Å². The van der Waals surface area contributed by atoms with Gasteiger partial charge in [-0.25, -0.2) is 0 Å². The second kappa shape index (κ2) is 4.99. The second-order valence-corrected chi connectivity index (χ2v) is 4.33. The molecule has 1 heterocycles. The fraction of sp³-hybridized carbons (Fsp3) is 0. The number of hydrogen-bond donors (Lipinski definition) is 0. The van der Waals surface area contributed by atoms with E-state index in [2.05, 4.69) is 6.58 Å². The summed E-state index contributed by atoms with van der Waals surface area (Å²) in [5, 5.41) is 0. The summed E-state index contributed by atoms with van der Waals surface area (Å²) in [5.74, 6) is 1.74. The number of hydrogen-bond acceptors (Lipinski definition) is 1. The minimum Gasteiger partial charge on any atom is -0.455 e. The van der Waals surface area contributed by atoms with Gasteiger partial charge in [0.1, 0.15) is 11.5 Å². The van der Waals surface area contributed by atoms with Crippen molar-refractivity contribution in [3.8, 4) is 22.6 Å². The van der Waals surface area contributed by atoms with E-state index in [9.17, 15) is 0 Å². The van der Waals surface area contributed by atoms with Crippen LogP contribution in [0.25, 0.3) is 28.7 Å². The Morgan fingerprint density at radius 3 is 1.95 bits per heavy atom. The van der Waals surface area contributed by atoms with Crippen LogP contribution in [0.15, 0.2) is 77.7 Å². The molecule has 1 aromatic heterocycles. The zero-order chi connectivity index (χ0) is 13.1. The molecule has 0 radical (unpaired) electrons. The van der Waals surface area contributed by atoms with Crippen LogP contribution in [0, 0.1) is 0 Å². The molecule has 0 atom stereocenters.